The Hall–Kier alpha value is -3.00. The first-order valence-electron chi connectivity index (χ1n) is 8.72. The number of aromatic amines is 1. The summed E-state index contributed by atoms with van der Waals surface area (Å²) in [6, 6.07) is 15.0. The van der Waals surface area contributed by atoms with Gasteiger partial charge in [-0.15, -0.1) is 5.10 Å². The van der Waals surface area contributed by atoms with Crippen molar-refractivity contribution in [3.05, 3.63) is 54.1 Å². The lowest BCUT2D eigenvalue weighted by Gasteiger charge is -2.18. The molecule has 3 aromatic rings. The molecule has 0 radical (unpaired) electrons. The number of hydrogen-bond donors (Lipinski definition) is 2. The number of aromatic nitrogens is 3. The van der Waals surface area contributed by atoms with Crippen LogP contribution < -0.4 is 14.8 Å². The van der Waals surface area contributed by atoms with Crippen molar-refractivity contribution in [3.63, 3.8) is 0 Å². The Bertz CT molecular complexity index is 930. The first-order chi connectivity index (χ1) is 13.6. The highest BCUT2D eigenvalue weighted by Gasteiger charge is 2.16. The number of benzene rings is 2. The van der Waals surface area contributed by atoms with Crippen LogP contribution in [0, 0.1) is 0 Å². The van der Waals surface area contributed by atoms with E-state index >= 15 is 0 Å². The molecule has 0 aliphatic carbocycles. The van der Waals surface area contributed by atoms with Gasteiger partial charge in [-0.2, -0.15) is 0 Å². The van der Waals surface area contributed by atoms with E-state index in [1.54, 1.807) is 14.2 Å². The van der Waals surface area contributed by atoms with Gasteiger partial charge in [0.15, 0.2) is 5.82 Å². The maximum atomic E-state index is 12.4. The number of thioether (sulfide) groups is 1. The van der Waals surface area contributed by atoms with Crippen LogP contribution in [-0.4, -0.2) is 41.1 Å². The molecule has 0 aliphatic rings. The van der Waals surface area contributed by atoms with Crippen LogP contribution in [0.2, 0.25) is 0 Å². The van der Waals surface area contributed by atoms with Gasteiger partial charge in [0.1, 0.15) is 11.5 Å². The maximum absolute atomic E-state index is 12.4. The number of nitrogens with one attached hydrogen (secondary N) is 2. The summed E-state index contributed by atoms with van der Waals surface area (Å²) < 4.78 is 10.6. The standard InChI is InChI=1S/C20H22N4O3S/c1-13(16-11-15(26-2)9-10-17(16)27-3)21-18(25)12-28-20-22-19(23-24-20)14-7-5-4-6-8-14/h4-11,13H,12H2,1-3H3,(H,21,25)(H,22,23,24)/t13-/m0/s1. The molecule has 0 aliphatic heterocycles. The third-order valence-electron chi connectivity index (χ3n) is 4.13. The van der Waals surface area contributed by atoms with Crippen LogP contribution >= 0.6 is 11.8 Å². The van der Waals surface area contributed by atoms with Gasteiger partial charge >= 0.3 is 0 Å². The lowest BCUT2D eigenvalue weighted by Crippen LogP contribution is -2.28. The smallest absolute Gasteiger partial charge is 0.230 e. The lowest BCUT2D eigenvalue weighted by molar-refractivity contribution is -0.119. The second-order valence-electron chi connectivity index (χ2n) is 6.02. The van der Waals surface area contributed by atoms with Crippen molar-refractivity contribution in [1.82, 2.24) is 20.5 Å². The molecule has 0 saturated heterocycles. The number of carbonyl (C=O) groups is 1. The fourth-order valence-corrected chi connectivity index (χ4v) is 3.31. The van der Waals surface area contributed by atoms with E-state index in [0.717, 1.165) is 11.1 Å². The summed E-state index contributed by atoms with van der Waals surface area (Å²) in [5.41, 5.74) is 1.80. The van der Waals surface area contributed by atoms with Gasteiger partial charge in [-0.3, -0.25) is 9.89 Å². The summed E-state index contributed by atoms with van der Waals surface area (Å²) in [6.45, 7) is 1.90. The Kier molecular flexibility index (Phi) is 6.54. The van der Waals surface area contributed by atoms with Crippen molar-refractivity contribution in [2.75, 3.05) is 20.0 Å². The number of H-pyrrole nitrogens is 1. The highest BCUT2D eigenvalue weighted by Crippen LogP contribution is 2.29. The minimum Gasteiger partial charge on any atom is -0.497 e. The summed E-state index contributed by atoms with van der Waals surface area (Å²) in [7, 11) is 3.20. The lowest BCUT2D eigenvalue weighted by atomic mass is 10.1. The number of ether oxygens (including phenoxy) is 2. The van der Waals surface area contributed by atoms with Crippen LogP contribution in [0.5, 0.6) is 11.5 Å². The number of rotatable bonds is 8. The molecule has 0 unspecified atom stereocenters. The van der Waals surface area contributed by atoms with Crippen LogP contribution in [0.15, 0.2) is 53.7 Å². The Balaban J connectivity index is 1.58. The zero-order valence-corrected chi connectivity index (χ0v) is 16.7. The Morgan fingerprint density at radius 3 is 2.68 bits per heavy atom. The average molecular weight is 398 g/mol. The Morgan fingerprint density at radius 2 is 1.96 bits per heavy atom. The SMILES string of the molecule is COc1ccc(OC)c([C@H](C)NC(=O)CSc2n[nH]c(-c3ccccc3)n2)c1. The minimum absolute atomic E-state index is 0.117. The van der Waals surface area contributed by atoms with Gasteiger partial charge in [0.2, 0.25) is 11.1 Å². The summed E-state index contributed by atoms with van der Waals surface area (Å²) in [5.74, 6) is 2.18. The van der Waals surface area contributed by atoms with Crippen LogP contribution in [0.25, 0.3) is 11.4 Å². The number of hydrogen-bond acceptors (Lipinski definition) is 6. The molecule has 0 bridgehead atoms. The number of nitrogens with zero attached hydrogens (tertiary/aromatic N) is 2. The first-order valence-corrected chi connectivity index (χ1v) is 9.71. The van der Waals surface area contributed by atoms with Crippen LogP contribution in [0.3, 0.4) is 0 Å². The van der Waals surface area contributed by atoms with Crippen molar-refractivity contribution in [1.29, 1.82) is 0 Å². The van der Waals surface area contributed by atoms with E-state index in [9.17, 15) is 4.79 Å². The van der Waals surface area contributed by atoms with Crippen molar-refractivity contribution in [2.24, 2.45) is 0 Å². The van der Waals surface area contributed by atoms with E-state index in [1.165, 1.54) is 11.8 Å². The summed E-state index contributed by atoms with van der Waals surface area (Å²) in [5, 5.41) is 10.6. The minimum atomic E-state index is -0.231. The van der Waals surface area contributed by atoms with Gasteiger partial charge in [0.25, 0.3) is 0 Å². The second-order valence-corrected chi connectivity index (χ2v) is 6.96. The van der Waals surface area contributed by atoms with Gasteiger partial charge in [-0.05, 0) is 25.1 Å². The Morgan fingerprint density at radius 1 is 1.18 bits per heavy atom. The molecule has 1 atom stereocenters. The van der Waals surface area contributed by atoms with Crippen molar-refractivity contribution in [3.8, 4) is 22.9 Å². The van der Waals surface area contributed by atoms with Crippen LogP contribution in [0.1, 0.15) is 18.5 Å². The average Bonchev–Trinajstić information content (AvgIpc) is 3.21. The zero-order valence-electron chi connectivity index (χ0n) is 15.9. The fourth-order valence-electron chi connectivity index (χ4n) is 2.70. The van der Waals surface area contributed by atoms with Gasteiger partial charge in [0, 0.05) is 11.1 Å². The molecular weight excluding hydrogens is 376 g/mol. The molecule has 28 heavy (non-hydrogen) atoms. The summed E-state index contributed by atoms with van der Waals surface area (Å²) in [6.07, 6.45) is 0. The number of carbonyl (C=O) groups excluding carboxylic acids is 1. The monoisotopic (exact) mass is 398 g/mol. The fraction of sp³-hybridized carbons (Fsp3) is 0.250. The zero-order chi connectivity index (χ0) is 19.9. The first kappa shape index (κ1) is 19.8. The topological polar surface area (TPSA) is 89.1 Å². The van der Waals surface area contributed by atoms with E-state index in [-0.39, 0.29) is 17.7 Å². The number of amides is 1. The molecule has 0 spiro atoms. The van der Waals surface area contributed by atoms with Gasteiger partial charge < -0.3 is 14.8 Å². The van der Waals surface area contributed by atoms with E-state index in [4.69, 9.17) is 9.47 Å². The van der Waals surface area contributed by atoms with E-state index in [1.807, 2.05) is 55.5 Å². The molecule has 0 saturated carbocycles. The Labute approximate surface area is 167 Å². The van der Waals surface area contributed by atoms with E-state index in [2.05, 4.69) is 20.5 Å². The van der Waals surface area contributed by atoms with Gasteiger partial charge in [-0.1, -0.05) is 42.1 Å². The molecule has 2 aromatic carbocycles. The van der Waals surface area contributed by atoms with Crippen molar-refractivity contribution in [2.45, 2.75) is 18.1 Å². The van der Waals surface area contributed by atoms with Crippen LogP contribution in [-0.2, 0) is 4.79 Å². The summed E-state index contributed by atoms with van der Waals surface area (Å²) in [4.78, 5) is 16.8. The quantitative estimate of drug-likeness (QED) is 0.565. The van der Waals surface area contributed by atoms with Crippen molar-refractivity contribution < 1.29 is 14.3 Å². The molecule has 0 fully saturated rings. The number of methoxy groups -OCH3 is 2. The highest BCUT2D eigenvalue weighted by atomic mass is 32.2. The third-order valence-corrected chi connectivity index (χ3v) is 4.97. The predicted octanol–water partition coefficient (Wildman–Crippen LogP) is 3.46. The third kappa shape index (κ3) is 4.83. The maximum Gasteiger partial charge on any atom is 0.230 e. The molecule has 146 valence electrons. The van der Waals surface area contributed by atoms with Crippen LogP contribution in [0.4, 0.5) is 0 Å². The molecule has 7 nitrogen and oxygen atoms in total. The van der Waals surface area contributed by atoms with E-state index < -0.39 is 0 Å². The van der Waals surface area contributed by atoms with Gasteiger partial charge in [-0.25, -0.2) is 4.98 Å². The molecule has 3 rings (SSSR count). The van der Waals surface area contributed by atoms with Gasteiger partial charge in [0.05, 0.1) is 26.0 Å². The molecular formula is C20H22N4O3S. The molecule has 1 heterocycles. The predicted molar refractivity (Wildman–Crippen MR) is 109 cm³/mol. The highest BCUT2D eigenvalue weighted by molar-refractivity contribution is 7.99. The normalized spacial score (nSPS) is 11.7. The molecule has 2 N–H and O–H groups in total. The molecule has 1 aromatic heterocycles. The largest absolute Gasteiger partial charge is 0.497 e. The summed E-state index contributed by atoms with van der Waals surface area (Å²) >= 11 is 1.28. The molecule has 1 amide bonds. The van der Waals surface area contributed by atoms with Crippen molar-refractivity contribution >= 4 is 17.7 Å². The molecule has 8 heteroatoms. The second kappa shape index (κ2) is 9.27. The van der Waals surface area contributed by atoms with E-state index in [0.29, 0.717) is 22.5 Å².